The van der Waals surface area contributed by atoms with Crippen molar-refractivity contribution in [1.82, 2.24) is 10.4 Å². The number of hydrazine groups is 1. The molecule has 1 atom stereocenters. The predicted octanol–water partition coefficient (Wildman–Crippen LogP) is 1.84. The minimum absolute atomic E-state index is 0.375. The van der Waals surface area contributed by atoms with Crippen LogP contribution in [0.2, 0.25) is 0 Å². The van der Waals surface area contributed by atoms with Crippen LogP contribution in [0.5, 0.6) is 5.75 Å². The van der Waals surface area contributed by atoms with Gasteiger partial charge in [0.2, 0.25) is 0 Å². The molecular formula is C11H12FN3OS. The van der Waals surface area contributed by atoms with Crippen LogP contribution < -0.4 is 16.0 Å². The van der Waals surface area contributed by atoms with Crippen molar-refractivity contribution in [2.75, 3.05) is 7.11 Å². The zero-order valence-corrected chi connectivity index (χ0v) is 10.00. The number of nitrogens with zero attached hydrogens (tertiary/aromatic N) is 1. The molecule has 0 aliphatic rings. The Kier molecular flexibility index (Phi) is 3.68. The van der Waals surface area contributed by atoms with E-state index in [1.165, 1.54) is 24.5 Å². The molecule has 0 saturated carbocycles. The third kappa shape index (κ3) is 2.44. The Labute approximate surface area is 102 Å². The summed E-state index contributed by atoms with van der Waals surface area (Å²) in [6, 6.07) is 4.20. The van der Waals surface area contributed by atoms with Crippen molar-refractivity contribution in [3.63, 3.8) is 0 Å². The summed E-state index contributed by atoms with van der Waals surface area (Å²) in [7, 11) is 1.49. The lowest BCUT2D eigenvalue weighted by atomic mass is 10.0. The number of hydrogen-bond acceptors (Lipinski definition) is 5. The summed E-state index contributed by atoms with van der Waals surface area (Å²) in [6.45, 7) is 0. The number of ether oxygens (including phenoxy) is 1. The molecule has 0 aliphatic carbocycles. The highest BCUT2D eigenvalue weighted by atomic mass is 32.1. The second-order valence-corrected chi connectivity index (χ2v) is 4.12. The molecule has 3 N–H and O–H groups in total. The van der Waals surface area contributed by atoms with E-state index < -0.39 is 6.04 Å². The monoisotopic (exact) mass is 253 g/mol. The van der Waals surface area contributed by atoms with Gasteiger partial charge in [-0.15, -0.1) is 11.3 Å². The van der Waals surface area contributed by atoms with Crippen molar-refractivity contribution in [1.29, 1.82) is 0 Å². The van der Waals surface area contributed by atoms with Crippen molar-refractivity contribution in [2.24, 2.45) is 5.84 Å². The normalized spacial score (nSPS) is 12.4. The molecule has 17 heavy (non-hydrogen) atoms. The molecule has 0 radical (unpaired) electrons. The van der Waals surface area contributed by atoms with Crippen molar-refractivity contribution in [3.05, 3.63) is 46.2 Å². The van der Waals surface area contributed by atoms with Crippen LogP contribution in [0.15, 0.2) is 29.1 Å². The average Bonchev–Trinajstić information content (AvgIpc) is 2.85. The van der Waals surface area contributed by atoms with Gasteiger partial charge in [0.25, 0.3) is 0 Å². The Morgan fingerprint density at radius 2 is 2.35 bits per heavy atom. The summed E-state index contributed by atoms with van der Waals surface area (Å²) in [5.41, 5.74) is 5.38. The standard InChI is InChI=1S/C11H12FN3OS/c1-16-7-2-3-8(9(12)4-7)11(15-13)10-5-17-6-14-10/h2-6,11,15H,13H2,1H3. The number of methoxy groups -OCH3 is 1. The summed E-state index contributed by atoms with van der Waals surface area (Å²) >= 11 is 1.44. The van der Waals surface area contributed by atoms with Gasteiger partial charge in [0, 0.05) is 17.0 Å². The van der Waals surface area contributed by atoms with Gasteiger partial charge in [-0.05, 0) is 6.07 Å². The van der Waals surface area contributed by atoms with E-state index in [9.17, 15) is 4.39 Å². The fraction of sp³-hybridized carbons (Fsp3) is 0.182. The first kappa shape index (κ1) is 12.0. The summed E-state index contributed by atoms with van der Waals surface area (Å²) in [4.78, 5) is 4.13. The first-order valence-electron chi connectivity index (χ1n) is 4.94. The summed E-state index contributed by atoms with van der Waals surface area (Å²) in [5.74, 6) is 5.55. The molecule has 6 heteroatoms. The number of aromatic nitrogens is 1. The second-order valence-electron chi connectivity index (χ2n) is 3.40. The lowest BCUT2D eigenvalue weighted by Crippen LogP contribution is -2.29. The van der Waals surface area contributed by atoms with E-state index in [-0.39, 0.29) is 5.82 Å². The molecular weight excluding hydrogens is 241 g/mol. The van der Waals surface area contributed by atoms with Gasteiger partial charge in [-0.2, -0.15) is 0 Å². The largest absolute Gasteiger partial charge is 0.497 e. The molecule has 0 amide bonds. The minimum Gasteiger partial charge on any atom is -0.497 e. The number of halogens is 1. The van der Waals surface area contributed by atoms with E-state index in [0.29, 0.717) is 17.0 Å². The minimum atomic E-state index is -0.452. The Morgan fingerprint density at radius 3 is 2.88 bits per heavy atom. The van der Waals surface area contributed by atoms with E-state index in [1.807, 2.05) is 5.38 Å². The number of benzene rings is 1. The maximum absolute atomic E-state index is 13.9. The van der Waals surface area contributed by atoms with Gasteiger partial charge in [-0.3, -0.25) is 5.84 Å². The maximum Gasteiger partial charge on any atom is 0.132 e. The molecule has 2 rings (SSSR count). The topological polar surface area (TPSA) is 60.2 Å². The molecule has 2 aromatic rings. The Bertz CT molecular complexity index is 489. The Hall–Kier alpha value is -1.50. The van der Waals surface area contributed by atoms with Gasteiger partial charge in [0.1, 0.15) is 11.6 Å². The van der Waals surface area contributed by atoms with Crippen LogP contribution in [0.25, 0.3) is 0 Å². The van der Waals surface area contributed by atoms with Gasteiger partial charge in [-0.25, -0.2) is 14.8 Å². The quantitative estimate of drug-likeness (QED) is 0.645. The van der Waals surface area contributed by atoms with Gasteiger partial charge in [0.15, 0.2) is 0 Å². The highest BCUT2D eigenvalue weighted by Gasteiger charge is 2.18. The first-order chi connectivity index (χ1) is 8.26. The highest BCUT2D eigenvalue weighted by molar-refractivity contribution is 7.07. The number of nitrogens with one attached hydrogen (secondary N) is 1. The van der Waals surface area contributed by atoms with E-state index in [0.717, 1.165) is 0 Å². The third-order valence-corrected chi connectivity index (χ3v) is 3.04. The fourth-order valence-corrected chi connectivity index (χ4v) is 2.15. The fourth-order valence-electron chi connectivity index (χ4n) is 1.57. The highest BCUT2D eigenvalue weighted by Crippen LogP contribution is 2.26. The zero-order chi connectivity index (χ0) is 12.3. The van der Waals surface area contributed by atoms with Crippen LogP contribution in [0.3, 0.4) is 0 Å². The molecule has 1 aromatic carbocycles. The summed E-state index contributed by atoms with van der Waals surface area (Å²) in [5, 5.41) is 1.83. The maximum atomic E-state index is 13.9. The average molecular weight is 253 g/mol. The van der Waals surface area contributed by atoms with Crippen molar-refractivity contribution in [2.45, 2.75) is 6.04 Å². The lowest BCUT2D eigenvalue weighted by Gasteiger charge is -2.15. The first-order valence-corrected chi connectivity index (χ1v) is 5.88. The van der Waals surface area contributed by atoms with Crippen molar-refractivity contribution < 1.29 is 9.13 Å². The number of thiazole rings is 1. The summed E-state index contributed by atoms with van der Waals surface area (Å²) < 4.78 is 18.8. The van der Waals surface area contributed by atoms with Crippen LogP contribution in [0.1, 0.15) is 17.3 Å². The van der Waals surface area contributed by atoms with Crippen LogP contribution in [-0.2, 0) is 0 Å². The van der Waals surface area contributed by atoms with Gasteiger partial charge < -0.3 is 4.74 Å². The number of hydrogen-bond donors (Lipinski definition) is 2. The predicted molar refractivity (Wildman–Crippen MR) is 64.2 cm³/mol. The van der Waals surface area contributed by atoms with Crippen LogP contribution in [0.4, 0.5) is 4.39 Å². The molecule has 0 bridgehead atoms. The lowest BCUT2D eigenvalue weighted by molar-refractivity contribution is 0.410. The van der Waals surface area contributed by atoms with E-state index in [4.69, 9.17) is 10.6 Å². The molecule has 1 aromatic heterocycles. The van der Waals surface area contributed by atoms with E-state index in [2.05, 4.69) is 10.4 Å². The summed E-state index contributed by atoms with van der Waals surface area (Å²) in [6.07, 6.45) is 0. The van der Waals surface area contributed by atoms with Crippen LogP contribution in [0, 0.1) is 5.82 Å². The number of rotatable bonds is 4. The molecule has 0 spiro atoms. The molecule has 90 valence electrons. The van der Waals surface area contributed by atoms with Crippen molar-refractivity contribution in [3.8, 4) is 5.75 Å². The van der Waals surface area contributed by atoms with Crippen LogP contribution >= 0.6 is 11.3 Å². The second kappa shape index (κ2) is 5.22. The van der Waals surface area contributed by atoms with Gasteiger partial charge in [0.05, 0.1) is 24.4 Å². The van der Waals surface area contributed by atoms with Crippen LogP contribution in [-0.4, -0.2) is 12.1 Å². The molecule has 0 aliphatic heterocycles. The molecule has 1 unspecified atom stereocenters. The Balaban J connectivity index is 2.38. The van der Waals surface area contributed by atoms with Crippen molar-refractivity contribution >= 4 is 11.3 Å². The molecule has 0 saturated heterocycles. The van der Waals surface area contributed by atoms with Gasteiger partial charge in [-0.1, -0.05) is 6.07 Å². The molecule has 4 nitrogen and oxygen atoms in total. The molecule has 1 heterocycles. The van der Waals surface area contributed by atoms with Gasteiger partial charge >= 0.3 is 0 Å². The smallest absolute Gasteiger partial charge is 0.132 e. The molecule has 0 fully saturated rings. The SMILES string of the molecule is COc1ccc(C(NN)c2cscn2)c(F)c1. The Morgan fingerprint density at radius 1 is 1.53 bits per heavy atom. The van der Waals surface area contributed by atoms with E-state index >= 15 is 0 Å². The van der Waals surface area contributed by atoms with E-state index in [1.54, 1.807) is 17.6 Å². The zero-order valence-electron chi connectivity index (χ0n) is 9.18. The third-order valence-electron chi connectivity index (χ3n) is 2.43. The number of nitrogens with two attached hydrogens (primary N) is 1.